The zero-order valence-electron chi connectivity index (χ0n) is 38.2. The number of aromatic nitrogens is 1. The van der Waals surface area contributed by atoms with Crippen molar-refractivity contribution in [2.75, 3.05) is 19.0 Å². The lowest BCUT2D eigenvalue weighted by molar-refractivity contribution is -0.178. The first-order valence-electron chi connectivity index (χ1n) is 20.5. The van der Waals surface area contributed by atoms with Gasteiger partial charge < -0.3 is 53.6 Å². The van der Waals surface area contributed by atoms with E-state index < -0.39 is 145 Å². The van der Waals surface area contributed by atoms with Crippen LogP contribution in [0, 0.1) is 23.7 Å². The molecule has 3 heterocycles. The smallest absolute Gasteiger partial charge is 0.408 e. The number of carbonyl (C=O) groups is 9. The summed E-state index contributed by atoms with van der Waals surface area (Å²) in [6.45, 7) is 18.1. The van der Waals surface area contributed by atoms with Gasteiger partial charge in [0.2, 0.25) is 0 Å². The van der Waals surface area contributed by atoms with Gasteiger partial charge >= 0.3 is 54.0 Å². The molecule has 2 amide bonds. The van der Waals surface area contributed by atoms with Crippen LogP contribution in [0.15, 0.2) is 29.4 Å². The van der Waals surface area contributed by atoms with Crippen molar-refractivity contribution in [1.82, 2.24) is 15.6 Å². The predicted molar refractivity (Wildman–Crippen MR) is 223 cm³/mol. The molecule has 3 rings (SSSR count). The third-order valence-corrected chi connectivity index (χ3v) is 9.62. The van der Waals surface area contributed by atoms with Crippen LogP contribution in [0.1, 0.15) is 89.5 Å². The van der Waals surface area contributed by atoms with E-state index in [9.17, 15) is 43.2 Å². The van der Waals surface area contributed by atoms with Crippen molar-refractivity contribution in [2.24, 2.45) is 23.7 Å². The summed E-state index contributed by atoms with van der Waals surface area (Å²) in [7, 11) is 0. The molecule has 2 aliphatic rings. The number of thioether (sulfide) groups is 1. The number of amides is 2. The van der Waals surface area contributed by atoms with Gasteiger partial charge in [0, 0.05) is 11.9 Å². The minimum atomic E-state index is -1.41. The third-order valence-electron chi connectivity index (χ3n) is 8.55. The lowest BCUT2D eigenvalue weighted by Gasteiger charge is -2.29. The van der Waals surface area contributed by atoms with Crippen LogP contribution in [0.3, 0.4) is 0 Å². The van der Waals surface area contributed by atoms with Gasteiger partial charge in [0.25, 0.3) is 0 Å². The number of alkyl carbamates (subject to hydrolysis) is 2. The molecule has 8 atom stereocenters. The molecular weight excluding hydrogens is 867 g/mol. The van der Waals surface area contributed by atoms with Gasteiger partial charge in [0.05, 0.1) is 23.3 Å². The van der Waals surface area contributed by atoms with E-state index in [2.05, 4.69) is 15.6 Å². The number of nitrogens with zero attached hydrogens (tertiary/aromatic N) is 1. The van der Waals surface area contributed by atoms with E-state index in [1.165, 1.54) is 25.6 Å². The van der Waals surface area contributed by atoms with Crippen LogP contribution >= 0.6 is 11.8 Å². The molecule has 0 unspecified atom stereocenters. The van der Waals surface area contributed by atoms with Crippen molar-refractivity contribution >= 4 is 65.7 Å². The molecule has 0 saturated carbocycles. The van der Waals surface area contributed by atoms with E-state index >= 15 is 0 Å². The summed E-state index contributed by atoms with van der Waals surface area (Å²) < 4.78 is 42.3. The number of esters is 6. The molecular formula is C42H61N3O18S. The van der Waals surface area contributed by atoms with Crippen molar-refractivity contribution in [3.05, 3.63) is 24.4 Å². The van der Waals surface area contributed by atoms with Gasteiger partial charge in [0.15, 0.2) is 24.3 Å². The second kappa shape index (κ2) is 24.4. The van der Waals surface area contributed by atoms with E-state index in [1.807, 2.05) is 6.07 Å². The Kier molecular flexibility index (Phi) is 20.8. The molecule has 1 aromatic rings. The van der Waals surface area contributed by atoms with Crippen LogP contribution in [0.2, 0.25) is 0 Å². The molecule has 0 bridgehead atoms. The largest absolute Gasteiger partial charge is 0.481 e. The summed E-state index contributed by atoms with van der Waals surface area (Å²) in [5.74, 6) is -9.28. The first-order chi connectivity index (χ1) is 29.6. The molecule has 64 heavy (non-hydrogen) atoms. The molecule has 0 radical (unpaired) electrons. The number of carboxylic acid groups (broad SMARTS) is 1. The van der Waals surface area contributed by atoms with Crippen molar-refractivity contribution in [3.8, 4) is 0 Å². The fraction of sp³-hybridized carbons (Fsp3) is 0.667. The average molecular weight is 928 g/mol. The number of pyridine rings is 1. The van der Waals surface area contributed by atoms with Gasteiger partial charge in [0.1, 0.15) is 48.5 Å². The van der Waals surface area contributed by atoms with Crippen molar-refractivity contribution < 1.29 is 86.2 Å². The normalized spacial score (nSPS) is 24.3. The lowest BCUT2D eigenvalue weighted by atomic mass is 9.94. The van der Waals surface area contributed by atoms with E-state index in [0.29, 0.717) is 5.03 Å². The van der Waals surface area contributed by atoms with Crippen LogP contribution in [0.25, 0.3) is 0 Å². The number of rotatable bonds is 11. The maximum Gasteiger partial charge on any atom is 0.408 e. The molecule has 2 aliphatic heterocycles. The topological polar surface area (TPSA) is 285 Å². The molecule has 3 N–H and O–H groups in total. The Hall–Kier alpha value is -5.67. The van der Waals surface area contributed by atoms with Crippen molar-refractivity contribution in [3.63, 3.8) is 0 Å². The number of carbonyl (C=O) groups excluding carboxylic acids is 8. The van der Waals surface area contributed by atoms with E-state index in [1.54, 1.807) is 87.6 Å². The monoisotopic (exact) mass is 927 g/mol. The van der Waals surface area contributed by atoms with Gasteiger partial charge in [-0.25, -0.2) is 24.2 Å². The maximum atomic E-state index is 13.1. The Bertz CT molecular complexity index is 1810. The summed E-state index contributed by atoms with van der Waals surface area (Å²) in [4.78, 5) is 115. The Morgan fingerprint density at radius 1 is 0.719 bits per heavy atom. The highest BCUT2D eigenvalue weighted by Gasteiger charge is 2.44. The highest BCUT2D eigenvalue weighted by atomic mass is 32.2. The number of ether oxygens (including phenoxy) is 8. The molecule has 1 aromatic heterocycles. The fourth-order valence-electron chi connectivity index (χ4n) is 5.42. The highest BCUT2D eigenvalue weighted by molar-refractivity contribution is 7.99. The Balaban J connectivity index is 0.000000444. The number of nitrogens with one attached hydrogen (secondary N) is 2. The molecule has 2 fully saturated rings. The number of hydrogen-bond acceptors (Lipinski definition) is 19. The average Bonchev–Trinajstić information content (AvgIpc) is 3.22. The van der Waals surface area contributed by atoms with Crippen LogP contribution in [-0.4, -0.2) is 131 Å². The van der Waals surface area contributed by atoms with Gasteiger partial charge in [-0.3, -0.25) is 24.0 Å². The standard InChI is InChI=1S/C23H32N2O8S.C19H29NO10/c1-13(2)19(26)32-18-14(3)31-21(28)16(25-22(29)33-23(4,5)6)11-30-20(27)15(18)12-34-17-9-7-8-10-24-17;1-9(2)15(23)29-14-10(3)28-17(25)12(20-18(26)30-19(4,5)6)8-27-16(24)11(14)7-13(21)22/h7-10,13-16,18H,11-12H2,1-6H3,(H,25,29);9-12,14H,7-8H2,1-6H3,(H,20,26)(H,21,22)/t14-,15+,16-,18-;10-,11+,12-,14-/m00/s1. The number of cyclic esters (lactones) is 4. The summed E-state index contributed by atoms with van der Waals surface area (Å²) in [5.41, 5.74) is -1.63. The second-order valence-electron chi connectivity index (χ2n) is 17.3. The predicted octanol–water partition coefficient (Wildman–Crippen LogP) is 3.77. The van der Waals surface area contributed by atoms with E-state index in [-0.39, 0.29) is 5.75 Å². The molecule has 21 nitrogen and oxygen atoms in total. The SMILES string of the molecule is CC(C)C(=O)O[C@H]1[C@H](C)OC(=O)[C@@H](NC(=O)OC(C)(C)C)COC(=O)[C@@H]1CC(=O)O.CC(C)C(=O)O[C@H]1[C@H](C)OC(=O)[C@@H](NC(=O)OC(C)(C)C)COC(=O)[C@@H]1CSc1ccccn1. The zero-order valence-corrected chi connectivity index (χ0v) is 39.0. The first-order valence-corrected chi connectivity index (χ1v) is 21.5. The Labute approximate surface area is 376 Å². The molecule has 22 heteroatoms. The van der Waals surface area contributed by atoms with Gasteiger partial charge in [-0.1, -0.05) is 33.8 Å². The Morgan fingerprint density at radius 2 is 1.14 bits per heavy atom. The zero-order chi connectivity index (χ0) is 48.7. The number of hydrogen-bond donors (Lipinski definition) is 3. The highest BCUT2D eigenvalue weighted by Crippen LogP contribution is 2.28. The van der Waals surface area contributed by atoms with Gasteiger partial charge in [-0.2, -0.15) is 0 Å². The van der Waals surface area contributed by atoms with Gasteiger partial charge in [-0.15, -0.1) is 11.8 Å². The minimum Gasteiger partial charge on any atom is -0.481 e. The second-order valence-corrected chi connectivity index (χ2v) is 18.4. The molecule has 2 saturated heterocycles. The summed E-state index contributed by atoms with van der Waals surface area (Å²) in [6, 6.07) is 2.68. The maximum absolute atomic E-state index is 13.1. The fourth-order valence-corrected chi connectivity index (χ4v) is 6.41. The lowest BCUT2D eigenvalue weighted by Crippen LogP contribution is -2.48. The number of aliphatic carboxylic acids is 1. The molecule has 0 aliphatic carbocycles. The molecule has 358 valence electrons. The van der Waals surface area contributed by atoms with Crippen molar-refractivity contribution in [2.45, 2.75) is 142 Å². The number of carboxylic acids is 1. The minimum absolute atomic E-state index is 0.165. The van der Waals surface area contributed by atoms with Crippen LogP contribution in [0.4, 0.5) is 9.59 Å². The van der Waals surface area contributed by atoms with Crippen LogP contribution in [-0.2, 0) is 71.5 Å². The van der Waals surface area contributed by atoms with Crippen molar-refractivity contribution in [1.29, 1.82) is 0 Å². The third kappa shape index (κ3) is 19.0. The van der Waals surface area contributed by atoms with E-state index in [4.69, 9.17) is 43.0 Å². The van der Waals surface area contributed by atoms with Gasteiger partial charge in [-0.05, 0) is 67.5 Å². The molecule has 0 spiro atoms. The summed E-state index contributed by atoms with van der Waals surface area (Å²) >= 11 is 1.28. The van der Waals surface area contributed by atoms with Crippen LogP contribution in [0.5, 0.6) is 0 Å². The first kappa shape index (κ1) is 54.5. The van der Waals surface area contributed by atoms with E-state index in [0.717, 1.165) is 0 Å². The summed E-state index contributed by atoms with van der Waals surface area (Å²) in [5, 5.41) is 14.5. The summed E-state index contributed by atoms with van der Waals surface area (Å²) in [6.07, 6.45) is -5.52. The Morgan fingerprint density at radius 3 is 1.52 bits per heavy atom. The molecule has 0 aromatic carbocycles. The quantitative estimate of drug-likeness (QED) is 0.162. The van der Waals surface area contributed by atoms with Crippen LogP contribution < -0.4 is 10.6 Å².